The predicted octanol–water partition coefficient (Wildman–Crippen LogP) is 5.22. The number of aromatic nitrogens is 2. The fourth-order valence-electron chi connectivity index (χ4n) is 3.88. The Morgan fingerprint density at radius 3 is 2.52 bits per heavy atom. The first-order chi connectivity index (χ1) is 15.8. The number of benzene rings is 2. The molecule has 1 amide bonds. The predicted molar refractivity (Wildman–Crippen MR) is 131 cm³/mol. The molecule has 0 aliphatic heterocycles. The Balaban J connectivity index is 1.72. The lowest BCUT2D eigenvalue weighted by Gasteiger charge is -2.16. The zero-order valence-electron chi connectivity index (χ0n) is 18.9. The lowest BCUT2D eigenvalue weighted by Crippen LogP contribution is -2.41. The van der Waals surface area contributed by atoms with Crippen molar-refractivity contribution in [2.75, 3.05) is 0 Å². The quantitative estimate of drug-likeness (QED) is 0.377. The molecule has 0 unspecified atom stereocenters. The number of nitrogens with one attached hydrogen (secondary N) is 1. The first-order valence-electron chi connectivity index (χ1n) is 11.0. The van der Waals surface area contributed by atoms with Gasteiger partial charge in [-0.25, -0.2) is 9.78 Å². The van der Waals surface area contributed by atoms with Gasteiger partial charge < -0.3 is 10.4 Å². The number of hydrogen-bond acceptors (Lipinski definition) is 4. The molecule has 4 aromatic rings. The van der Waals surface area contributed by atoms with E-state index in [-0.39, 0.29) is 5.92 Å². The molecule has 1 atom stereocenters. The van der Waals surface area contributed by atoms with Crippen LogP contribution in [0.1, 0.15) is 46.9 Å². The van der Waals surface area contributed by atoms with Crippen LogP contribution in [0.25, 0.3) is 16.7 Å². The molecule has 2 N–H and O–H groups in total. The van der Waals surface area contributed by atoms with Gasteiger partial charge in [0.2, 0.25) is 0 Å². The average Bonchev–Trinajstić information content (AvgIpc) is 3.40. The number of fused-ring (bicyclic) bond motifs is 1. The number of carboxylic acid groups (broad SMARTS) is 1. The van der Waals surface area contributed by atoms with Crippen LogP contribution >= 0.6 is 11.3 Å². The third-order valence-electron chi connectivity index (χ3n) is 5.50. The van der Waals surface area contributed by atoms with Crippen molar-refractivity contribution in [3.05, 3.63) is 81.8 Å². The second-order valence-corrected chi connectivity index (χ2v) is 9.68. The molecule has 0 aliphatic carbocycles. The van der Waals surface area contributed by atoms with Crippen molar-refractivity contribution in [1.82, 2.24) is 14.9 Å². The van der Waals surface area contributed by atoms with Crippen molar-refractivity contribution >= 4 is 34.2 Å². The van der Waals surface area contributed by atoms with Gasteiger partial charge in [-0.15, -0.1) is 11.3 Å². The zero-order valence-corrected chi connectivity index (χ0v) is 19.7. The second-order valence-electron chi connectivity index (χ2n) is 8.65. The van der Waals surface area contributed by atoms with E-state index in [1.165, 1.54) is 10.4 Å². The van der Waals surface area contributed by atoms with Gasteiger partial charge in [0.25, 0.3) is 5.91 Å². The Kier molecular flexibility index (Phi) is 6.60. The molecular formula is C26H27N3O3S. The summed E-state index contributed by atoms with van der Waals surface area (Å²) in [4.78, 5) is 30.5. The van der Waals surface area contributed by atoms with Gasteiger partial charge in [0.1, 0.15) is 11.9 Å². The highest BCUT2D eigenvalue weighted by atomic mass is 32.1. The summed E-state index contributed by atoms with van der Waals surface area (Å²) in [6.45, 7) is 5.92. The lowest BCUT2D eigenvalue weighted by molar-refractivity contribution is -0.139. The van der Waals surface area contributed by atoms with Gasteiger partial charge >= 0.3 is 5.97 Å². The molecule has 4 rings (SSSR count). The Hall–Kier alpha value is -3.45. The minimum absolute atomic E-state index is 0.152. The molecule has 170 valence electrons. The van der Waals surface area contributed by atoms with Crippen LogP contribution in [0.3, 0.4) is 0 Å². The van der Waals surface area contributed by atoms with Gasteiger partial charge in [0, 0.05) is 22.5 Å². The SMILES string of the molecule is Cc1ccc(-n2c(Cc3cccs3)nc3cc(C(=O)N[C@@H](CC(C)C)C(=O)O)ccc32)cc1. The average molecular weight is 462 g/mol. The molecule has 2 heterocycles. The van der Waals surface area contributed by atoms with E-state index >= 15 is 0 Å². The number of carboxylic acids is 1. The summed E-state index contributed by atoms with van der Waals surface area (Å²) in [6.07, 6.45) is 1.05. The summed E-state index contributed by atoms with van der Waals surface area (Å²) >= 11 is 1.68. The van der Waals surface area contributed by atoms with Crippen LogP contribution in [0.5, 0.6) is 0 Å². The first kappa shape index (κ1) is 22.7. The summed E-state index contributed by atoms with van der Waals surface area (Å²) in [6, 6.07) is 16.8. The number of thiophene rings is 1. The highest BCUT2D eigenvalue weighted by molar-refractivity contribution is 7.09. The van der Waals surface area contributed by atoms with E-state index in [0.717, 1.165) is 17.0 Å². The standard InChI is InChI=1S/C26H27N3O3S/c1-16(2)13-22(26(31)32)28-25(30)18-8-11-23-21(14-18)27-24(15-20-5-4-12-33-20)29(23)19-9-6-17(3)7-10-19/h4-12,14,16,22H,13,15H2,1-3H3,(H,28,30)(H,31,32)/t22-/m0/s1. The summed E-state index contributed by atoms with van der Waals surface area (Å²) in [5, 5.41) is 14.2. The molecule has 33 heavy (non-hydrogen) atoms. The Morgan fingerprint density at radius 2 is 1.88 bits per heavy atom. The fourth-order valence-corrected chi connectivity index (χ4v) is 4.58. The highest BCUT2D eigenvalue weighted by Gasteiger charge is 2.22. The molecule has 6 nitrogen and oxygen atoms in total. The topological polar surface area (TPSA) is 84.2 Å². The minimum atomic E-state index is -1.03. The Bertz CT molecular complexity index is 1270. The van der Waals surface area contributed by atoms with Crippen LogP contribution in [-0.2, 0) is 11.2 Å². The zero-order chi connectivity index (χ0) is 23.5. The van der Waals surface area contributed by atoms with Gasteiger partial charge in [-0.3, -0.25) is 9.36 Å². The summed E-state index contributed by atoms with van der Waals surface area (Å²) < 4.78 is 2.12. The van der Waals surface area contributed by atoms with Crippen LogP contribution in [-0.4, -0.2) is 32.6 Å². The number of carbonyl (C=O) groups is 2. The van der Waals surface area contributed by atoms with E-state index in [0.29, 0.717) is 23.9 Å². The third kappa shape index (κ3) is 5.14. The molecule has 0 bridgehead atoms. The maximum absolute atomic E-state index is 12.8. The van der Waals surface area contributed by atoms with Crippen molar-refractivity contribution in [1.29, 1.82) is 0 Å². The lowest BCUT2D eigenvalue weighted by atomic mass is 10.0. The number of nitrogens with zero attached hydrogens (tertiary/aromatic N) is 2. The molecule has 0 fully saturated rings. The van der Waals surface area contributed by atoms with Gasteiger partial charge in [-0.05, 0) is 61.0 Å². The van der Waals surface area contributed by atoms with Crippen LogP contribution in [0, 0.1) is 12.8 Å². The normalized spacial score (nSPS) is 12.2. The van der Waals surface area contributed by atoms with Crippen molar-refractivity contribution < 1.29 is 14.7 Å². The maximum Gasteiger partial charge on any atom is 0.326 e. The van der Waals surface area contributed by atoms with Crippen molar-refractivity contribution in [2.24, 2.45) is 5.92 Å². The van der Waals surface area contributed by atoms with Crippen molar-refractivity contribution in [2.45, 2.75) is 39.7 Å². The largest absolute Gasteiger partial charge is 0.480 e. The van der Waals surface area contributed by atoms with E-state index < -0.39 is 17.9 Å². The van der Waals surface area contributed by atoms with Crippen molar-refractivity contribution in [3.63, 3.8) is 0 Å². The van der Waals surface area contributed by atoms with Crippen molar-refractivity contribution in [3.8, 4) is 5.69 Å². The van der Waals surface area contributed by atoms with Crippen LogP contribution in [0.2, 0.25) is 0 Å². The molecule has 2 aromatic heterocycles. The summed E-state index contributed by atoms with van der Waals surface area (Å²) in [5.74, 6) is -0.398. The fraction of sp³-hybridized carbons (Fsp3) is 0.269. The van der Waals surface area contributed by atoms with Gasteiger partial charge in [-0.2, -0.15) is 0 Å². The number of hydrogen-bond donors (Lipinski definition) is 2. The van der Waals surface area contributed by atoms with Crippen LogP contribution in [0.4, 0.5) is 0 Å². The molecule has 0 saturated heterocycles. The van der Waals surface area contributed by atoms with Crippen LogP contribution in [0.15, 0.2) is 60.0 Å². The summed E-state index contributed by atoms with van der Waals surface area (Å²) in [7, 11) is 0. The molecule has 0 saturated carbocycles. The summed E-state index contributed by atoms with van der Waals surface area (Å²) in [5.41, 5.74) is 4.18. The number of carbonyl (C=O) groups excluding carboxylic acids is 1. The first-order valence-corrected chi connectivity index (χ1v) is 11.8. The maximum atomic E-state index is 12.8. The second kappa shape index (κ2) is 9.58. The number of aliphatic carboxylic acids is 1. The molecular weight excluding hydrogens is 434 g/mol. The number of aryl methyl sites for hydroxylation is 1. The third-order valence-corrected chi connectivity index (χ3v) is 6.38. The van der Waals surface area contributed by atoms with E-state index in [1.807, 2.05) is 31.4 Å². The van der Waals surface area contributed by atoms with Gasteiger partial charge in [0.15, 0.2) is 0 Å². The Labute approximate surface area is 196 Å². The van der Waals surface area contributed by atoms with E-state index in [2.05, 4.69) is 47.1 Å². The Morgan fingerprint density at radius 1 is 1.12 bits per heavy atom. The molecule has 2 aromatic carbocycles. The van der Waals surface area contributed by atoms with E-state index in [4.69, 9.17) is 4.98 Å². The number of amides is 1. The van der Waals surface area contributed by atoms with E-state index in [1.54, 1.807) is 23.5 Å². The monoisotopic (exact) mass is 461 g/mol. The molecule has 0 aliphatic rings. The molecule has 7 heteroatoms. The number of rotatable bonds is 8. The highest BCUT2D eigenvalue weighted by Crippen LogP contribution is 2.26. The minimum Gasteiger partial charge on any atom is -0.480 e. The molecule has 0 spiro atoms. The van der Waals surface area contributed by atoms with Gasteiger partial charge in [0.05, 0.1) is 11.0 Å². The van der Waals surface area contributed by atoms with Crippen LogP contribution < -0.4 is 5.32 Å². The molecule has 0 radical (unpaired) electrons. The number of imidazole rings is 1. The van der Waals surface area contributed by atoms with Gasteiger partial charge in [-0.1, -0.05) is 37.6 Å². The smallest absolute Gasteiger partial charge is 0.326 e. The van der Waals surface area contributed by atoms with E-state index in [9.17, 15) is 14.7 Å².